The molecule has 1 unspecified atom stereocenters. The molecule has 0 aliphatic heterocycles. The molecular weight excluding hydrogens is 346 g/mol. The molecule has 0 aliphatic carbocycles. The maximum Gasteiger partial charge on any atom is 0.307 e. The van der Waals surface area contributed by atoms with Gasteiger partial charge >= 0.3 is 5.97 Å². The molecule has 0 radical (unpaired) electrons. The zero-order valence-electron chi connectivity index (χ0n) is 11.3. The molecule has 7 heteroatoms. The molecule has 0 saturated carbocycles. The Morgan fingerprint density at radius 2 is 1.95 bits per heavy atom. The first-order chi connectivity index (χ1) is 9.24. The number of hydrogen-bond acceptors (Lipinski definition) is 3. The predicted molar refractivity (Wildman–Crippen MR) is 79.9 cm³/mol. The lowest BCUT2D eigenvalue weighted by molar-refractivity contribution is -0.142. The molecule has 0 spiro atoms. The van der Waals surface area contributed by atoms with E-state index >= 15 is 0 Å². The van der Waals surface area contributed by atoms with Crippen LogP contribution < -0.4 is 4.72 Å². The number of nitrogens with one attached hydrogen (secondary N) is 1. The van der Waals surface area contributed by atoms with Crippen LogP contribution in [0.1, 0.15) is 20.3 Å². The maximum atomic E-state index is 12.1. The van der Waals surface area contributed by atoms with Crippen molar-refractivity contribution in [3.63, 3.8) is 0 Å². The lowest BCUT2D eigenvalue weighted by Crippen LogP contribution is -2.33. The van der Waals surface area contributed by atoms with Gasteiger partial charge in [0.25, 0.3) is 0 Å². The molecule has 20 heavy (non-hydrogen) atoms. The van der Waals surface area contributed by atoms with Crippen molar-refractivity contribution in [2.45, 2.75) is 25.2 Å². The average Bonchev–Trinajstić information content (AvgIpc) is 2.34. The second-order valence-corrected chi connectivity index (χ2v) is 7.54. The molecular formula is C13H18BrNO4S. The minimum Gasteiger partial charge on any atom is -0.481 e. The van der Waals surface area contributed by atoms with E-state index in [4.69, 9.17) is 5.11 Å². The Labute approximate surface area is 127 Å². The molecule has 5 nitrogen and oxygen atoms in total. The Hall–Kier alpha value is -0.920. The Morgan fingerprint density at radius 3 is 2.45 bits per heavy atom. The molecule has 2 N–H and O–H groups in total. The Morgan fingerprint density at radius 1 is 1.35 bits per heavy atom. The molecule has 0 bridgehead atoms. The number of halogens is 1. The average molecular weight is 364 g/mol. The minimum absolute atomic E-state index is 0.105. The highest BCUT2D eigenvalue weighted by molar-refractivity contribution is 9.10. The molecule has 1 aromatic carbocycles. The molecule has 0 fully saturated rings. The molecule has 1 atom stereocenters. The van der Waals surface area contributed by atoms with Gasteiger partial charge in [0.2, 0.25) is 10.0 Å². The quantitative estimate of drug-likeness (QED) is 0.779. The van der Waals surface area contributed by atoms with Crippen LogP contribution in [0.5, 0.6) is 0 Å². The normalized spacial score (nSPS) is 13.4. The van der Waals surface area contributed by atoms with E-state index in [1.807, 2.05) is 13.8 Å². The molecule has 1 aromatic rings. The number of carboxylic acid groups (broad SMARTS) is 1. The van der Waals surface area contributed by atoms with Crippen molar-refractivity contribution in [1.82, 2.24) is 4.72 Å². The maximum absolute atomic E-state index is 12.1. The van der Waals surface area contributed by atoms with Crippen molar-refractivity contribution in [3.05, 3.63) is 28.7 Å². The molecule has 1 rings (SSSR count). The highest BCUT2D eigenvalue weighted by Gasteiger charge is 2.23. The van der Waals surface area contributed by atoms with Gasteiger partial charge in [-0.2, -0.15) is 0 Å². The van der Waals surface area contributed by atoms with Crippen LogP contribution >= 0.6 is 15.9 Å². The number of benzene rings is 1. The zero-order chi connectivity index (χ0) is 15.3. The summed E-state index contributed by atoms with van der Waals surface area (Å²) in [6.07, 6.45) is 0.424. The van der Waals surface area contributed by atoms with E-state index in [1.54, 1.807) is 18.2 Å². The summed E-state index contributed by atoms with van der Waals surface area (Å²) in [6, 6.07) is 6.41. The van der Waals surface area contributed by atoms with E-state index in [-0.39, 0.29) is 17.4 Å². The minimum atomic E-state index is -3.72. The number of carbonyl (C=O) groups is 1. The lowest BCUT2D eigenvalue weighted by atomic mass is 9.98. The summed E-state index contributed by atoms with van der Waals surface area (Å²) in [7, 11) is -3.72. The second kappa shape index (κ2) is 7.19. The summed E-state index contributed by atoms with van der Waals surface area (Å²) < 4.78 is 27.1. The molecule has 112 valence electrons. The number of rotatable bonds is 7. The van der Waals surface area contributed by atoms with Gasteiger partial charge in [-0.3, -0.25) is 4.79 Å². The molecule has 0 aromatic heterocycles. The van der Waals surface area contributed by atoms with Crippen molar-refractivity contribution in [3.8, 4) is 0 Å². The van der Waals surface area contributed by atoms with Crippen LogP contribution in [0.2, 0.25) is 0 Å². The molecule has 0 aliphatic rings. The summed E-state index contributed by atoms with van der Waals surface area (Å²) in [5.41, 5.74) is 0. The van der Waals surface area contributed by atoms with Gasteiger partial charge in [0.15, 0.2) is 0 Å². The van der Waals surface area contributed by atoms with Gasteiger partial charge in [0, 0.05) is 11.0 Å². The van der Waals surface area contributed by atoms with Crippen LogP contribution in [0.15, 0.2) is 33.6 Å². The first-order valence-corrected chi connectivity index (χ1v) is 8.48. The topological polar surface area (TPSA) is 83.5 Å². The van der Waals surface area contributed by atoms with Crippen molar-refractivity contribution in [1.29, 1.82) is 0 Å². The number of carboxylic acids is 1. The van der Waals surface area contributed by atoms with E-state index in [0.717, 1.165) is 0 Å². The third-order valence-corrected chi connectivity index (χ3v) is 5.19. The summed E-state index contributed by atoms with van der Waals surface area (Å²) in [5, 5.41) is 9.10. The Bertz CT molecular complexity index is 571. The van der Waals surface area contributed by atoms with E-state index in [0.29, 0.717) is 10.9 Å². The van der Waals surface area contributed by atoms with E-state index in [1.165, 1.54) is 6.07 Å². The predicted octanol–water partition coefficient (Wildman–Crippen LogP) is 2.47. The first kappa shape index (κ1) is 17.1. The number of sulfonamides is 1. The van der Waals surface area contributed by atoms with Gasteiger partial charge < -0.3 is 5.11 Å². The fourth-order valence-corrected chi connectivity index (χ4v) is 3.87. The van der Waals surface area contributed by atoms with E-state index in [2.05, 4.69) is 20.7 Å². The third-order valence-electron chi connectivity index (χ3n) is 2.75. The summed E-state index contributed by atoms with van der Waals surface area (Å²) in [5.74, 6) is -1.54. The van der Waals surface area contributed by atoms with E-state index in [9.17, 15) is 13.2 Å². The summed E-state index contributed by atoms with van der Waals surface area (Å²) >= 11 is 3.17. The largest absolute Gasteiger partial charge is 0.481 e. The number of aliphatic carboxylic acids is 1. The highest BCUT2D eigenvalue weighted by Crippen LogP contribution is 2.21. The fraction of sp³-hybridized carbons (Fsp3) is 0.462. The van der Waals surface area contributed by atoms with Gasteiger partial charge in [-0.25, -0.2) is 13.1 Å². The zero-order valence-corrected chi connectivity index (χ0v) is 13.7. The van der Waals surface area contributed by atoms with Crippen LogP contribution in [0.25, 0.3) is 0 Å². The van der Waals surface area contributed by atoms with Gasteiger partial charge in [-0.1, -0.05) is 26.0 Å². The SMILES string of the molecule is CC(C)CC(CNS(=O)(=O)c1ccccc1Br)C(=O)O. The van der Waals surface area contributed by atoms with Gasteiger partial charge in [0.05, 0.1) is 10.8 Å². The Kier molecular flexibility index (Phi) is 6.16. The van der Waals surface area contributed by atoms with Crippen molar-refractivity contribution in [2.75, 3.05) is 6.54 Å². The monoisotopic (exact) mass is 363 g/mol. The van der Waals surface area contributed by atoms with Gasteiger partial charge in [-0.05, 0) is 40.4 Å². The Balaban J connectivity index is 2.82. The van der Waals surface area contributed by atoms with Gasteiger partial charge in [0.1, 0.15) is 0 Å². The summed E-state index contributed by atoms with van der Waals surface area (Å²) in [6.45, 7) is 3.69. The van der Waals surface area contributed by atoms with Crippen LogP contribution in [0.3, 0.4) is 0 Å². The smallest absolute Gasteiger partial charge is 0.307 e. The molecule has 0 saturated heterocycles. The van der Waals surface area contributed by atoms with Crippen LogP contribution in [0.4, 0.5) is 0 Å². The van der Waals surface area contributed by atoms with Crippen LogP contribution in [-0.4, -0.2) is 26.0 Å². The van der Waals surface area contributed by atoms with Gasteiger partial charge in [-0.15, -0.1) is 0 Å². The molecule has 0 heterocycles. The highest BCUT2D eigenvalue weighted by atomic mass is 79.9. The van der Waals surface area contributed by atoms with Crippen molar-refractivity contribution < 1.29 is 18.3 Å². The molecule has 0 amide bonds. The van der Waals surface area contributed by atoms with Crippen LogP contribution in [-0.2, 0) is 14.8 Å². The van der Waals surface area contributed by atoms with Crippen molar-refractivity contribution >= 4 is 31.9 Å². The first-order valence-electron chi connectivity index (χ1n) is 6.21. The fourth-order valence-electron chi connectivity index (χ4n) is 1.79. The number of hydrogen-bond donors (Lipinski definition) is 2. The van der Waals surface area contributed by atoms with Crippen molar-refractivity contribution in [2.24, 2.45) is 11.8 Å². The standard InChI is InChI=1S/C13H18BrNO4S/c1-9(2)7-10(13(16)17)8-15-20(18,19)12-6-4-3-5-11(12)14/h3-6,9-10,15H,7-8H2,1-2H3,(H,16,17). The second-order valence-electron chi connectivity index (χ2n) is 4.95. The third kappa shape index (κ3) is 4.88. The van der Waals surface area contributed by atoms with E-state index < -0.39 is 21.9 Å². The lowest BCUT2D eigenvalue weighted by Gasteiger charge is -2.16. The summed E-state index contributed by atoms with van der Waals surface area (Å²) in [4.78, 5) is 11.2. The van der Waals surface area contributed by atoms with Crippen LogP contribution in [0, 0.1) is 11.8 Å².